The highest BCUT2D eigenvalue weighted by Crippen LogP contribution is 2.20. The summed E-state index contributed by atoms with van der Waals surface area (Å²) in [7, 11) is 0. The van der Waals surface area contributed by atoms with E-state index in [0.717, 1.165) is 16.3 Å². The first-order chi connectivity index (χ1) is 13.1. The van der Waals surface area contributed by atoms with Crippen molar-refractivity contribution in [2.75, 3.05) is 0 Å². The van der Waals surface area contributed by atoms with Gasteiger partial charge in [0, 0.05) is 23.1 Å². The van der Waals surface area contributed by atoms with Crippen molar-refractivity contribution in [2.24, 2.45) is 0 Å². The molecule has 27 heavy (non-hydrogen) atoms. The normalized spacial score (nSPS) is 15.4. The second-order valence-electron chi connectivity index (χ2n) is 6.11. The van der Waals surface area contributed by atoms with Gasteiger partial charge in [-0.1, -0.05) is 36.4 Å². The Morgan fingerprint density at radius 3 is 2.44 bits per heavy atom. The van der Waals surface area contributed by atoms with E-state index < -0.39 is 17.8 Å². The second-order valence-corrected chi connectivity index (χ2v) is 6.11. The highest BCUT2D eigenvalue weighted by atomic mass is 19.1. The molecule has 3 amide bonds. The number of urea groups is 1. The van der Waals surface area contributed by atoms with Crippen molar-refractivity contribution in [3.05, 3.63) is 95.7 Å². The minimum absolute atomic E-state index is 0.117. The van der Waals surface area contributed by atoms with E-state index in [1.165, 1.54) is 6.07 Å². The van der Waals surface area contributed by atoms with Gasteiger partial charge < -0.3 is 9.88 Å². The number of amides is 3. The SMILES string of the molecule is O=C1N/C(=C/c2cccn2-c2ccccc2)C(=O)N1Cc1ccccc1F. The first-order valence-electron chi connectivity index (χ1n) is 8.44. The van der Waals surface area contributed by atoms with Gasteiger partial charge in [0.1, 0.15) is 11.5 Å². The van der Waals surface area contributed by atoms with Gasteiger partial charge in [-0.3, -0.25) is 9.69 Å². The number of hydrogen-bond acceptors (Lipinski definition) is 2. The summed E-state index contributed by atoms with van der Waals surface area (Å²) in [5.41, 5.74) is 2.13. The van der Waals surface area contributed by atoms with E-state index in [0.29, 0.717) is 0 Å². The molecule has 134 valence electrons. The van der Waals surface area contributed by atoms with E-state index in [9.17, 15) is 14.0 Å². The Morgan fingerprint density at radius 1 is 0.926 bits per heavy atom. The molecule has 0 spiro atoms. The van der Waals surface area contributed by atoms with Crippen molar-refractivity contribution in [1.82, 2.24) is 14.8 Å². The number of aromatic nitrogens is 1. The quantitative estimate of drug-likeness (QED) is 0.569. The molecule has 0 radical (unpaired) electrons. The smallest absolute Gasteiger partial charge is 0.317 e. The number of rotatable bonds is 4. The number of para-hydroxylation sites is 1. The number of imide groups is 1. The summed E-state index contributed by atoms with van der Waals surface area (Å²) in [5.74, 6) is -0.933. The standard InChI is InChI=1S/C21H16FN3O2/c22-18-11-5-4-7-15(18)14-25-20(26)19(23-21(25)27)13-17-10-6-12-24(17)16-8-2-1-3-9-16/h1-13H,14H2,(H,23,27)/b19-13+. The minimum atomic E-state index is -0.563. The van der Waals surface area contributed by atoms with Crippen LogP contribution in [-0.4, -0.2) is 21.4 Å². The topological polar surface area (TPSA) is 54.3 Å². The Bertz CT molecular complexity index is 1040. The maximum Gasteiger partial charge on any atom is 0.329 e. The van der Waals surface area contributed by atoms with Crippen LogP contribution in [0.15, 0.2) is 78.6 Å². The highest BCUT2D eigenvalue weighted by molar-refractivity contribution is 6.13. The van der Waals surface area contributed by atoms with Gasteiger partial charge in [-0.25, -0.2) is 9.18 Å². The van der Waals surface area contributed by atoms with Crippen molar-refractivity contribution in [3.8, 4) is 5.69 Å². The number of nitrogens with one attached hydrogen (secondary N) is 1. The molecule has 0 atom stereocenters. The molecule has 0 saturated carbocycles. The number of hydrogen-bond donors (Lipinski definition) is 1. The molecule has 0 unspecified atom stereocenters. The third-order valence-electron chi connectivity index (χ3n) is 4.36. The van der Waals surface area contributed by atoms with Crippen LogP contribution < -0.4 is 5.32 Å². The average Bonchev–Trinajstić information content (AvgIpc) is 3.24. The minimum Gasteiger partial charge on any atom is -0.317 e. The molecule has 1 N–H and O–H groups in total. The second kappa shape index (κ2) is 6.92. The molecule has 1 fully saturated rings. The molecule has 0 bridgehead atoms. The van der Waals surface area contributed by atoms with Gasteiger partial charge in [-0.15, -0.1) is 0 Å². The molecule has 3 aromatic rings. The van der Waals surface area contributed by atoms with Gasteiger partial charge in [0.2, 0.25) is 0 Å². The lowest BCUT2D eigenvalue weighted by Crippen LogP contribution is -2.30. The number of carbonyl (C=O) groups excluding carboxylic acids is 2. The van der Waals surface area contributed by atoms with E-state index in [1.54, 1.807) is 24.3 Å². The molecular weight excluding hydrogens is 345 g/mol. The van der Waals surface area contributed by atoms with E-state index in [1.807, 2.05) is 53.2 Å². The molecule has 0 aliphatic carbocycles. The lowest BCUT2D eigenvalue weighted by Gasteiger charge is -2.12. The molecule has 1 saturated heterocycles. The summed E-state index contributed by atoms with van der Waals surface area (Å²) in [6.07, 6.45) is 3.49. The van der Waals surface area contributed by atoms with Crippen LogP contribution in [0.3, 0.4) is 0 Å². The first-order valence-corrected chi connectivity index (χ1v) is 8.44. The average molecular weight is 361 g/mol. The van der Waals surface area contributed by atoms with Crippen LogP contribution in [0, 0.1) is 5.82 Å². The van der Waals surface area contributed by atoms with Crippen LogP contribution in [0.25, 0.3) is 11.8 Å². The molecule has 1 aliphatic rings. The third kappa shape index (κ3) is 3.25. The van der Waals surface area contributed by atoms with E-state index in [2.05, 4.69) is 5.32 Å². The number of halogens is 1. The fourth-order valence-corrected chi connectivity index (χ4v) is 3.00. The van der Waals surface area contributed by atoms with Crippen molar-refractivity contribution in [1.29, 1.82) is 0 Å². The fraction of sp³-hybridized carbons (Fsp3) is 0.0476. The molecule has 1 aromatic heterocycles. The van der Waals surface area contributed by atoms with Crippen LogP contribution >= 0.6 is 0 Å². The highest BCUT2D eigenvalue weighted by Gasteiger charge is 2.34. The maximum absolute atomic E-state index is 13.9. The van der Waals surface area contributed by atoms with Crippen LogP contribution in [0.5, 0.6) is 0 Å². The monoisotopic (exact) mass is 361 g/mol. The number of benzene rings is 2. The molecule has 6 heteroatoms. The maximum atomic E-state index is 13.9. The van der Waals surface area contributed by atoms with Gasteiger partial charge in [0.05, 0.1) is 6.54 Å². The molecule has 2 aromatic carbocycles. The van der Waals surface area contributed by atoms with Gasteiger partial charge in [0.25, 0.3) is 5.91 Å². The van der Waals surface area contributed by atoms with E-state index >= 15 is 0 Å². The lowest BCUT2D eigenvalue weighted by molar-refractivity contribution is -0.123. The zero-order valence-electron chi connectivity index (χ0n) is 14.3. The summed E-state index contributed by atoms with van der Waals surface area (Å²) in [6.45, 7) is -0.117. The van der Waals surface area contributed by atoms with Crippen molar-refractivity contribution in [3.63, 3.8) is 0 Å². The van der Waals surface area contributed by atoms with Crippen molar-refractivity contribution < 1.29 is 14.0 Å². The van der Waals surface area contributed by atoms with Gasteiger partial charge >= 0.3 is 6.03 Å². The van der Waals surface area contributed by atoms with Gasteiger partial charge in [-0.2, -0.15) is 0 Å². The van der Waals surface area contributed by atoms with E-state index in [-0.39, 0.29) is 17.8 Å². The van der Waals surface area contributed by atoms with Crippen LogP contribution in [0.2, 0.25) is 0 Å². The van der Waals surface area contributed by atoms with Crippen LogP contribution in [-0.2, 0) is 11.3 Å². The summed E-state index contributed by atoms with van der Waals surface area (Å²) >= 11 is 0. The van der Waals surface area contributed by atoms with Crippen LogP contribution in [0.1, 0.15) is 11.3 Å². The molecule has 2 heterocycles. The summed E-state index contributed by atoms with van der Waals surface area (Å²) in [5, 5.41) is 2.57. The zero-order chi connectivity index (χ0) is 18.8. The molecule has 4 rings (SSSR count). The third-order valence-corrected chi connectivity index (χ3v) is 4.36. The number of nitrogens with zero attached hydrogens (tertiary/aromatic N) is 2. The van der Waals surface area contributed by atoms with Gasteiger partial charge in [0.15, 0.2) is 0 Å². The largest absolute Gasteiger partial charge is 0.329 e. The predicted octanol–water partition coefficient (Wildman–Crippen LogP) is 3.71. The Balaban J connectivity index is 1.61. The Kier molecular flexibility index (Phi) is 4.30. The lowest BCUT2D eigenvalue weighted by atomic mass is 10.2. The summed E-state index contributed by atoms with van der Waals surface area (Å²) < 4.78 is 15.8. The van der Waals surface area contributed by atoms with E-state index in [4.69, 9.17) is 0 Å². The Morgan fingerprint density at radius 2 is 1.67 bits per heavy atom. The van der Waals surface area contributed by atoms with Gasteiger partial charge in [-0.05, 0) is 36.4 Å². The predicted molar refractivity (Wildman–Crippen MR) is 99.2 cm³/mol. The number of carbonyl (C=O) groups is 2. The summed E-state index contributed by atoms with van der Waals surface area (Å²) in [4.78, 5) is 25.9. The Labute approximate surface area is 155 Å². The Hall–Kier alpha value is -3.67. The zero-order valence-corrected chi connectivity index (χ0v) is 14.3. The first kappa shape index (κ1) is 16.8. The molecule has 1 aliphatic heterocycles. The molecular formula is C21H16FN3O2. The van der Waals surface area contributed by atoms with Crippen molar-refractivity contribution >= 4 is 18.0 Å². The summed E-state index contributed by atoms with van der Waals surface area (Å²) in [6, 6.07) is 18.9. The molecule has 5 nitrogen and oxygen atoms in total. The van der Waals surface area contributed by atoms with Crippen LogP contribution in [0.4, 0.5) is 9.18 Å². The van der Waals surface area contributed by atoms with Crippen molar-refractivity contribution in [2.45, 2.75) is 6.54 Å². The fourth-order valence-electron chi connectivity index (χ4n) is 3.00.